The molecule has 2 heteroatoms. The average Bonchev–Trinajstić information content (AvgIpc) is 2.43. The highest BCUT2D eigenvalue weighted by Gasteiger charge is 2.15. The molecule has 88 valence electrons. The summed E-state index contributed by atoms with van der Waals surface area (Å²) >= 11 is 0. The first kappa shape index (κ1) is 10.8. The third kappa shape index (κ3) is 1.93. The maximum absolute atomic E-state index is 4.46. The normalized spacial score (nSPS) is 13.6. The summed E-state index contributed by atoms with van der Waals surface area (Å²) in [6.07, 6.45) is 1.86. The van der Waals surface area contributed by atoms with Crippen molar-refractivity contribution in [3.63, 3.8) is 0 Å². The highest BCUT2D eigenvalue weighted by atomic mass is 15.2. The van der Waals surface area contributed by atoms with Crippen molar-refractivity contribution in [1.82, 2.24) is 4.90 Å². The molecule has 2 aromatic carbocycles. The predicted octanol–water partition coefficient (Wildman–Crippen LogP) is 3.83. The first-order chi connectivity index (χ1) is 8.84. The minimum absolute atomic E-state index is 0.803. The summed E-state index contributed by atoms with van der Waals surface area (Å²) in [5.41, 5.74) is 4.36. The molecule has 0 spiro atoms. The summed E-state index contributed by atoms with van der Waals surface area (Å²) in [4.78, 5) is 6.54. The van der Waals surface area contributed by atoms with Crippen LogP contribution in [-0.4, -0.2) is 11.2 Å². The van der Waals surface area contributed by atoms with Crippen molar-refractivity contribution in [3.05, 3.63) is 72.3 Å². The highest BCUT2D eigenvalue weighted by Crippen LogP contribution is 2.31. The van der Waals surface area contributed by atoms with Crippen LogP contribution in [0.15, 0.2) is 66.2 Å². The van der Waals surface area contributed by atoms with E-state index in [9.17, 15) is 0 Å². The molecule has 0 aliphatic carbocycles. The fraction of sp³-hybridized carbons (Fsp3) is 0.0625. The minimum Gasteiger partial charge on any atom is -0.328 e. The van der Waals surface area contributed by atoms with Gasteiger partial charge in [0.15, 0.2) is 0 Å². The summed E-state index contributed by atoms with van der Waals surface area (Å²) < 4.78 is 0. The smallest absolute Gasteiger partial charge is 0.0960 e. The minimum atomic E-state index is 0.803. The average molecular weight is 234 g/mol. The van der Waals surface area contributed by atoms with Crippen molar-refractivity contribution in [3.8, 4) is 0 Å². The van der Waals surface area contributed by atoms with Gasteiger partial charge in [-0.05, 0) is 11.6 Å². The maximum atomic E-state index is 4.46. The standard InChI is InChI=1S/C16H14N2/c1-13-15-9-5-6-10-16(15)17-12-18(13)11-14-7-3-2-4-8-14/h2-10,12H,1,11H2. The van der Waals surface area contributed by atoms with E-state index in [0.29, 0.717) is 0 Å². The lowest BCUT2D eigenvalue weighted by molar-refractivity contribution is 0.591. The molecule has 1 aliphatic rings. The number of aliphatic imine (C=N–C) groups is 1. The Morgan fingerprint density at radius 3 is 2.50 bits per heavy atom. The third-order valence-electron chi connectivity index (χ3n) is 3.09. The molecule has 1 heterocycles. The van der Waals surface area contributed by atoms with Crippen LogP contribution in [0.1, 0.15) is 11.1 Å². The van der Waals surface area contributed by atoms with Gasteiger partial charge in [-0.1, -0.05) is 55.1 Å². The Bertz CT molecular complexity index is 600. The van der Waals surface area contributed by atoms with Crippen LogP contribution in [0.5, 0.6) is 0 Å². The number of hydrogen-bond donors (Lipinski definition) is 0. The van der Waals surface area contributed by atoms with Gasteiger partial charge in [0.2, 0.25) is 0 Å². The van der Waals surface area contributed by atoms with Crippen molar-refractivity contribution < 1.29 is 0 Å². The highest BCUT2D eigenvalue weighted by molar-refractivity contribution is 5.86. The van der Waals surface area contributed by atoms with Gasteiger partial charge in [-0.25, -0.2) is 4.99 Å². The Hall–Kier alpha value is -2.35. The van der Waals surface area contributed by atoms with Gasteiger partial charge in [0.25, 0.3) is 0 Å². The summed E-state index contributed by atoms with van der Waals surface area (Å²) in [6, 6.07) is 18.4. The molecule has 0 saturated heterocycles. The third-order valence-corrected chi connectivity index (χ3v) is 3.09. The maximum Gasteiger partial charge on any atom is 0.0960 e. The summed E-state index contributed by atoms with van der Waals surface area (Å²) in [5.74, 6) is 0. The molecule has 2 nitrogen and oxygen atoms in total. The summed E-state index contributed by atoms with van der Waals surface area (Å²) in [6.45, 7) is 4.97. The first-order valence-corrected chi connectivity index (χ1v) is 5.97. The van der Waals surface area contributed by atoms with Gasteiger partial charge < -0.3 is 4.90 Å². The zero-order valence-corrected chi connectivity index (χ0v) is 10.1. The molecule has 0 unspecified atom stereocenters. The Balaban J connectivity index is 1.87. The van der Waals surface area contributed by atoms with E-state index in [0.717, 1.165) is 23.5 Å². The van der Waals surface area contributed by atoms with Crippen molar-refractivity contribution in [2.75, 3.05) is 0 Å². The van der Waals surface area contributed by atoms with E-state index in [4.69, 9.17) is 0 Å². The molecular weight excluding hydrogens is 220 g/mol. The Morgan fingerprint density at radius 2 is 1.67 bits per heavy atom. The van der Waals surface area contributed by atoms with Crippen LogP contribution >= 0.6 is 0 Å². The van der Waals surface area contributed by atoms with Crippen molar-refractivity contribution in [1.29, 1.82) is 0 Å². The van der Waals surface area contributed by atoms with E-state index in [1.807, 2.05) is 42.7 Å². The number of rotatable bonds is 2. The summed E-state index contributed by atoms with van der Waals surface area (Å²) in [5, 5.41) is 0. The number of fused-ring (bicyclic) bond motifs is 1. The Labute approximate surface area is 107 Å². The predicted molar refractivity (Wildman–Crippen MR) is 75.6 cm³/mol. The van der Waals surface area contributed by atoms with Crippen molar-refractivity contribution in [2.45, 2.75) is 6.54 Å². The van der Waals surface area contributed by atoms with Gasteiger partial charge in [-0.2, -0.15) is 0 Å². The zero-order chi connectivity index (χ0) is 12.4. The van der Waals surface area contributed by atoms with E-state index in [-0.39, 0.29) is 0 Å². The lowest BCUT2D eigenvalue weighted by Gasteiger charge is -2.26. The van der Waals surface area contributed by atoms with Crippen molar-refractivity contribution in [2.24, 2.45) is 4.99 Å². The van der Waals surface area contributed by atoms with Crippen LogP contribution in [0.2, 0.25) is 0 Å². The molecule has 3 rings (SSSR count). The van der Waals surface area contributed by atoms with Crippen LogP contribution in [0.25, 0.3) is 5.70 Å². The largest absolute Gasteiger partial charge is 0.328 e. The molecule has 2 aromatic rings. The fourth-order valence-electron chi connectivity index (χ4n) is 2.10. The fourth-order valence-corrected chi connectivity index (χ4v) is 2.10. The molecule has 0 saturated carbocycles. The number of nitrogens with zero attached hydrogens (tertiary/aromatic N) is 2. The van der Waals surface area contributed by atoms with E-state index in [2.05, 4.69) is 34.7 Å². The lowest BCUT2D eigenvalue weighted by atomic mass is 10.1. The molecule has 0 amide bonds. The molecule has 0 bridgehead atoms. The van der Waals surface area contributed by atoms with Gasteiger partial charge in [-0.15, -0.1) is 0 Å². The topological polar surface area (TPSA) is 15.6 Å². The number of hydrogen-bond acceptors (Lipinski definition) is 2. The van der Waals surface area contributed by atoms with Gasteiger partial charge in [0.05, 0.1) is 12.0 Å². The monoisotopic (exact) mass is 234 g/mol. The second-order valence-electron chi connectivity index (χ2n) is 4.32. The van der Waals surface area contributed by atoms with Gasteiger partial charge >= 0.3 is 0 Å². The molecular formula is C16H14N2. The Morgan fingerprint density at radius 1 is 0.944 bits per heavy atom. The summed E-state index contributed by atoms with van der Waals surface area (Å²) in [7, 11) is 0. The molecule has 0 fully saturated rings. The lowest BCUT2D eigenvalue weighted by Crippen LogP contribution is -2.21. The van der Waals surface area contributed by atoms with Crippen LogP contribution in [-0.2, 0) is 6.54 Å². The van der Waals surface area contributed by atoms with Gasteiger partial charge in [-0.3, -0.25) is 0 Å². The van der Waals surface area contributed by atoms with Crippen LogP contribution in [0.4, 0.5) is 5.69 Å². The van der Waals surface area contributed by atoms with Crippen LogP contribution in [0, 0.1) is 0 Å². The zero-order valence-electron chi connectivity index (χ0n) is 10.1. The molecule has 1 aliphatic heterocycles. The van der Waals surface area contributed by atoms with E-state index < -0.39 is 0 Å². The van der Waals surface area contributed by atoms with Gasteiger partial charge in [0.1, 0.15) is 0 Å². The second kappa shape index (κ2) is 4.49. The number of para-hydroxylation sites is 1. The quantitative estimate of drug-likeness (QED) is 0.771. The molecule has 0 aromatic heterocycles. The Kier molecular flexibility index (Phi) is 2.69. The first-order valence-electron chi connectivity index (χ1n) is 5.97. The second-order valence-corrected chi connectivity index (χ2v) is 4.32. The molecule has 0 N–H and O–H groups in total. The SMILES string of the molecule is C=C1c2ccccc2N=CN1Cc1ccccc1. The van der Waals surface area contributed by atoms with E-state index in [1.54, 1.807) is 0 Å². The van der Waals surface area contributed by atoms with Crippen molar-refractivity contribution >= 4 is 17.7 Å². The van der Waals surface area contributed by atoms with Crippen LogP contribution in [0.3, 0.4) is 0 Å². The van der Waals surface area contributed by atoms with E-state index in [1.165, 1.54) is 5.56 Å². The molecule has 0 radical (unpaired) electrons. The molecule has 18 heavy (non-hydrogen) atoms. The number of benzene rings is 2. The van der Waals surface area contributed by atoms with Crippen LogP contribution < -0.4 is 0 Å². The molecule has 0 atom stereocenters. The van der Waals surface area contributed by atoms with E-state index >= 15 is 0 Å². The van der Waals surface area contributed by atoms with Gasteiger partial charge in [0, 0.05) is 17.8 Å².